The molecule has 38 heavy (non-hydrogen) atoms. The Morgan fingerprint density at radius 1 is 1.21 bits per heavy atom. The van der Waals surface area contributed by atoms with Crippen LogP contribution in [0.5, 0.6) is 0 Å². The fraction of sp³-hybridized carbons (Fsp3) is 0.567. The quantitative estimate of drug-likeness (QED) is 0.241. The number of carbonyl (C=O) groups excluding carboxylic acids is 3. The summed E-state index contributed by atoms with van der Waals surface area (Å²) in [7, 11) is 0. The van der Waals surface area contributed by atoms with Gasteiger partial charge in [-0.1, -0.05) is 43.7 Å². The van der Waals surface area contributed by atoms with E-state index in [0.717, 1.165) is 29.7 Å². The number of carbonyl (C=O) groups is 3. The van der Waals surface area contributed by atoms with Gasteiger partial charge in [-0.25, -0.2) is 0 Å². The van der Waals surface area contributed by atoms with Gasteiger partial charge in [-0.15, -0.1) is 6.58 Å². The highest BCUT2D eigenvalue weighted by atomic mass is 16.6. The number of nitrogens with zero attached hydrogens (tertiary/aromatic N) is 2. The van der Waals surface area contributed by atoms with Crippen LogP contribution in [0.3, 0.4) is 0 Å². The summed E-state index contributed by atoms with van der Waals surface area (Å²) in [4.78, 5) is 45.0. The highest BCUT2D eigenvalue weighted by molar-refractivity contribution is 6.05. The molecular formula is C30H40N2O6. The van der Waals surface area contributed by atoms with Crippen molar-refractivity contribution in [3.8, 4) is 0 Å². The minimum Gasteiger partial charge on any atom is -0.461 e. The summed E-state index contributed by atoms with van der Waals surface area (Å²) >= 11 is 0. The van der Waals surface area contributed by atoms with Crippen molar-refractivity contribution in [3.63, 3.8) is 0 Å². The monoisotopic (exact) mass is 524 g/mol. The molecule has 1 N–H and O–H groups in total. The SMILES string of the molecule is C=CCOC(=O)[C@@H]1[C@@H]2CCC3(O2)C(C(=O)N(CC=C)c2cc(C)ccc2C)N(CCCCCCO)C(=O)[C@H]13. The van der Waals surface area contributed by atoms with Gasteiger partial charge in [-0.3, -0.25) is 14.4 Å². The van der Waals surface area contributed by atoms with E-state index in [0.29, 0.717) is 32.2 Å². The minimum absolute atomic E-state index is 0.0621. The Hall–Kier alpha value is -2.97. The van der Waals surface area contributed by atoms with Gasteiger partial charge < -0.3 is 24.4 Å². The first kappa shape index (κ1) is 28.0. The molecule has 3 heterocycles. The molecule has 3 saturated heterocycles. The molecule has 5 atom stereocenters. The van der Waals surface area contributed by atoms with Gasteiger partial charge in [0.15, 0.2) is 0 Å². The van der Waals surface area contributed by atoms with Crippen LogP contribution in [0, 0.1) is 25.7 Å². The summed E-state index contributed by atoms with van der Waals surface area (Å²) in [5, 5.41) is 9.13. The van der Waals surface area contributed by atoms with E-state index in [-0.39, 0.29) is 31.6 Å². The Morgan fingerprint density at radius 2 is 1.97 bits per heavy atom. The minimum atomic E-state index is -1.07. The third kappa shape index (κ3) is 4.92. The molecule has 2 amide bonds. The summed E-state index contributed by atoms with van der Waals surface area (Å²) in [6.07, 6.45) is 6.92. The molecule has 2 bridgehead atoms. The van der Waals surface area contributed by atoms with Crippen LogP contribution in [0.2, 0.25) is 0 Å². The summed E-state index contributed by atoms with van der Waals surface area (Å²) in [5.41, 5.74) is 1.68. The van der Waals surface area contributed by atoms with E-state index in [1.807, 2.05) is 32.0 Å². The van der Waals surface area contributed by atoms with E-state index in [1.54, 1.807) is 15.9 Å². The molecule has 1 aromatic rings. The number of aliphatic hydroxyl groups is 1. The van der Waals surface area contributed by atoms with Crippen LogP contribution in [0.15, 0.2) is 43.5 Å². The maximum atomic E-state index is 14.5. The molecule has 1 spiro atoms. The number of hydrogen-bond acceptors (Lipinski definition) is 6. The number of anilines is 1. The number of benzene rings is 1. The normalized spacial score (nSPS) is 27.3. The lowest BCUT2D eigenvalue weighted by Crippen LogP contribution is -2.56. The fourth-order valence-corrected chi connectivity index (χ4v) is 6.52. The molecule has 2 unspecified atom stereocenters. The van der Waals surface area contributed by atoms with Gasteiger partial charge in [0.05, 0.1) is 17.9 Å². The number of esters is 1. The molecular weight excluding hydrogens is 484 g/mol. The Labute approximate surface area is 225 Å². The number of rotatable bonds is 13. The van der Waals surface area contributed by atoms with Crippen LogP contribution in [-0.4, -0.2) is 71.8 Å². The van der Waals surface area contributed by atoms with Crippen molar-refractivity contribution >= 4 is 23.5 Å². The molecule has 206 valence electrons. The highest BCUT2D eigenvalue weighted by Crippen LogP contribution is 2.59. The van der Waals surface area contributed by atoms with Crippen LogP contribution >= 0.6 is 0 Å². The zero-order valence-corrected chi connectivity index (χ0v) is 22.6. The zero-order valence-electron chi connectivity index (χ0n) is 22.6. The Morgan fingerprint density at radius 3 is 2.68 bits per heavy atom. The molecule has 0 aromatic heterocycles. The number of aliphatic hydroxyl groups excluding tert-OH is 1. The highest BCUT2D eigenvalue weighted by Gasteiger charge is 2.75. The van der Waals surface area contributed by atoms with Gasteiger partial charge in [-0.05, 0) is 56.7 Å². The number of fused-ring (bicyclic) bond motifs is 1. The smallest absolute Gasteiger partial charge is 0.312 e. The van der Waals surface area contributed by atoms with Gasteiger partial charge in [-0.2, -0.15) is 0 Å². The van der Waals surface area contributed by atoms with Crippen LogP contribution in [-0.2, 0) is 23.9 Å². The van der Waals surface area contributed by atoms with Crippen molar-refractivity contribution in [1.29, 1.82) is 0 Å². The second kappa shape index (κ2) is 11.8. The first-order chi connectivity index (χ1) is 18.3. The molecule has 0 saturated carbocycles. The van der Waals surface area contributed by atoms with Crippen LogP contribution in [0.1, 0.15) is 49.7 Å². The lowest BCUT2D eigenvalue weighted by atomic mass is 9.70. The molecule has 0 radical (unpaired) electrons. The third-order valence-corrected chi connectivity index (χ3v) is 8.19. The second-order valence-corrected chi connectivity index (χ2v) is 10.7. The van der Waals surface area contributed by atoms with Crippen molar-refractivity contribution in [2.75, 3.05) is 31.2 Å². The van der Waals surface area contributed by atoms with Crippen LogP contribution < -0.4 is 4.90 Å². The van der Waals surface area contributed by atoms with Crippen LogP contribution in [0.4, 0.5) is 5.69 Å². The Kier molecular flexibility index (Phi) is 8.73. The average Bonchev–Trinajstić information content (AvgIpc) is 3.54. The standard InChI is InChI=1S/C30H40N2O6/c1-5-15-31(22-19-20(3)11-12-21(22)4)28(35)26-30-14-13-23(38-30)24(29(36)37-18-6-2)25(30)27(34)32(26)16-9-7-8-10-17-33/h5-6,11-12,19,23-26,33H,1-2,7-10,13-18H2,3-4H3/t23-,24+,25-,26?,30?/m0/s1. The predicted octanol–water partition coefficient (Wildman–Crippen LogP) is 3.48. The van der Waals surface area contributed by atoms with E-state index in [2.05, 4.69) is 13.2 Å². The second-order valence-electron chi connectivity index (χ2n) is 10.7. The summed E-state index contributed by atoms with van der Waals surface area (Å²) in [5.74, 6) is -2.39. The first-order valence-electron chi connectivity index (χ1n) is 13.7. The number of hydrogen-bond donors (Lipinski definition) is 1. The summed E-state index contributed by atoms with van der Waals surface area (Å²) in [6, 6.07) is 5.12. The molecule has 0 aliphatic carbocycles. The molecule has 4 rings (SSSR count). The summed E-state index contributed by atoms with van der Waals surface area (Å²) in [6.45, 7) is 12.3. The zero-order chi connectivity index (χ0) is 27.4. The average molecular weight is 525 g/mol. The number of aryl methyl sites for hydroxylation is 2. The summed E-state index contributed by atoms with van der Waals surface area (Å²) < 4.78 is 11.9. The number of likely N-dealkylation sites (tertiary alicyclic amines) is 1. The van der Waals surface area contributed by atoms with Crippen molar-refractivity contribution in [1.82, 2.24) is 4.90 Å². The van der Waals surface area contributed by atoms with Gasteiger partial charge in [0, 0.05) is 25.4 Å². The number of amides is 2. The maximum Gasteiger partial charge on any atom is 0.312 e. The van der Waals surface area contributed by atoms with Crippen molar-refractivity contribution in [2.24, 2.45) is 11.8 Å². The van der Waals surface area contributed by atoms with Gasteiger partial charge in [0.1, 0.15) is 18.2 Å². The molecule has 8 heteroatoms. The van der Waals surface area contributed by atoms with E-state index in [1.165, 1.54) is 6.08 Å². The number of ether oxygens (including phenoxy) is 2. The Bertz CT molecular complexity index is 1090. The molecule has 8 nitrogen and oxygen atoms in total. The van der Waals surface area contributed by atoms with E-state index < -0.39 is 35.6 Å². The lowest BCUT2D eigenvalue weighted by molar-refractivity contribution is -0.154. The van der Waals surface area contributed by atoms with Crippen LogP contribution in [0.25, 0.3) is 0 Å². The molecule has 1 aromatic carbocycles. The molecule has 3 fully saturated rings. The Balaban J connectivity index is 1.72. The van der Waals surface area contributed by atoms with Gasteiger partial charge in [0.25, 0.3) is 5.91 Å². The lowest BCUT2D eigenvalue weighted by Gasteiger charge is -2.37. The van der Waals surface area contributed by atoms with Gasteiger partial charge in [0.2, 0.25) is 5.91 Å². The van der Waals surface area contributed by atoms with Crippen molar-refractivity contribution in [2.45, 2.75) is 70.1 Å². The topological polar surface area (TPSA) is 96.4 Å². The van der Waals surface area contributed by atoms with E-state index >= 15 is 0 Å². The van der Waals surface area contributed by atoms with Crippen molar-refractivity contribution < 1.29 is 29.0 Å². The fourth-order valence-electron chi connectivity index (χ4n) is 6.52. The number of unbranched alkanes of at least 4 members (excludes halogenated alkanes) is 3. The maximum absolute atomic E-state index is 14.5. The van der Waals surface area contributed by atoms with E-state index in [9.17, 15) is 14.4 Å². The third-order valence-electron chi connectivity index (χ3n) is 8.19. The largest absolute Gasteiger partial charge is 0.461 e. The first-order valence-corrected chi connectivity index (χ1v) is 13.7. The molecule has 3 aliphatic heterocycles. The molecule has 3 aliphatic rings. The van der Waals surface area contributed by atoms with Gasteiger partial charge >= 0.3 is 5.97 Å². The van der Waals surface area contributed by atoms with E-state index in [4.69, 9.17) is 14.6 Å². The van der Waals surface area contributed by atoms with Crippen molar-refractivity contribution in [3.05, 3.63) is 54.6 Å². The predicted molar refractivity (Wildman–Crippen MR) is 144 cm³/mol.